The van der Waals surface area contributed by atoms with Gasteiger partial charge in [-0.2, -0.15) is 39.5 Å². The van der Waals surface area contributed by atoms with E-state index in [2.05, 4.69) is 31.0 Å². The highest BCUT2D eigenvalue weighted by molar-refractivity contribution is 5.69. The molecule has 17 heteroatoms. The van der Waals surface area contributed by atoms with Crippen LogP contribution >= 0.6 is 0 Å². The fourth-order valence-electron chi connectivity index (χ4n) is 4.93. The van der Waals surface area contributed by atoms with Gasteiger partial charge in [0.15, 0.2) is 11.3 Å². The predicted octanol–water partition coefficient (Wildman–Crippen LogP) is 9.55. The summed E-state index contributed by atoms with van der Waals surface area (Å²) in [6.45, 7) is -1.17. The number of rotatable bonds is 6. The lowest BCUT2D eigenvalue weighted by Crippen LogP contribution is -2.21. The summed E-state index contributed by atoms with van der Waals surface area (Å²) in [5.74, 6) is -2.18. The van der Waals surface area contributed by atoms with Crippen LogP contribution in [0.5, 0.6) is 0 Å². The predicted molar refractivity (Wildman–Crippen MR) is 171 cm³/mol. The van der Waals surface area contributed by atoms with E-state index in [1.54, 1.807) is 12.1 Å². The van der Waals surface area contributed by atoms with Crippen molar-refractivity contribution in [3.63, 3.8) is 0 Å². The topological polar surface area (TPSA) is 84.4 Å². The van der Waals surface area contributed by atoms with Crippen LogP contribution in [0.3, 0.4) is 0 Å². The maximum absolute atomic E-state index is 13.0. The molecule has 0 radical (unpaired) electrons. The molecule has 0 fully saturated rings. The monoisotopic (exact) mass is 714 g/mol. The Bertz CT molecular complexity index is 2240. The number of benzene rings is 3. The van der Waals surface area contributed by atoms with E-state index in [-0.39, 0.29) is 17.0 Å². The van der Waals surface area contributed by atoms with Gasteiger partial charge in [-0.25, -0.2) is 0 Å². The molecule has 4 aromatic heterocycles. The molecule has 0 saturated heterocycles. The number of aromatic nitrogens is 6. The fraction of sp³-hybridized carbons (Fsp3) is 0.118. The van der Waals surface area contributed by atoms with Crippen LogP contribution in [0.1, 0.15) is 11.6 Å². The summed E-state index contributed by atoms with van der Waals surface area (Å²) in [7, 11) is 0. The first-order valence-corrected chi connectivity index (χ1v) is 14.8. The summed E-state index contributed by atoms with van der Waals surface area (Å²) in [6.07, 6.45) is -10.9. The van der Waals surface area contributed by atoms with Crippen molar-refractivity contribution in [3.8, 4) is 22.3 Å². The number of alkyl halides is 9. The van der Waals surface area contributed by atoms with Gasteiger partial charge in [-0.15, -0.1) is 20.4 Å². The number of para-hydroxylation sites is 1. The zero-order chi connectivity index (χ0) is 36.4. The second-order valence-electron chi connectivity index (χ2n) is 10.9. The highest BCUT2D eigenvalue weighted by atomic mass is 19.4. The van der Waals surface area contributed by atoms with E-state index in [0.717, 1.165) is 25.7 Å². The molecule has 7 aromatic rings. The van der Waals surface area contributed by atoms with Gasteiger partial charge in [-0.05, 0) is 82.9 Å². The van der Waals surface area contributed by atoms with E-state index >= 15 is 0 Å². The molecule has 0 spiro atoms. The first kappa shape index (κ1) is 34.7. The second-order valence-corrected chi connectivity index (χ2v) is 10.9. The molecule has 0 saturated carbocycles. The van der Waals surface area contributed by atoms with Crippen LogP contribution in [0.4, 0.5) is 56.6 Å². The maximum Gasteiger partial charge on any atom is 0.452 e. The highest BCUT2D eigenvalue weighted by Gasteiger charge is 2.37. The quantitative estimate of drug-likeness (QED) is 0.167. The van der Waals surface area contributed by atoms with Crippen molar-refractivity contribution in [3.05, 3.63) is 127 Å². The largest absolute Gasteiger partial charge is 0.452 e. The summed E-state index contributed by atoms with van der Waals surface area (Å²) >= 11 is 0. The molecule has 8 nitrogen and oxygen atoms in total. The number of nitrogens with zero attached hydrogens (tertiary/aromatic N) is 6. The van der Waals surface area contributed by atoms with E-state index < -0.39 is 36.7 Å². The Hall–Kier alpha value is -6.13. The van der Waals surface area contributed by atoms with Gasteiger partial charge >= 0.3 is 18.5 Å². The van der Waals surface area contributed by atoms with Crippen LogP contribution in [0.2, 0.25) is 0 Å². The number of halogens is 9. The van der Waals surface area contributed by atoms with Crippen molar-refractivity contribution in [2.24, 2.45) is 0 Å². The van der Waals surface area contributed by atoms with E-state index in [1.165, 1.54) is 48.8 Å². The molecule has 0 bridgehead atoms. The van der Waals surface area contributed by atoms with Gasteiger partial charge in [-0.3, -0.25) is 8.80 Å². The third kappa shape index (κ3) is 8.37. The van der Waals surface area contributed by atoms with Gasteiger partial charge < -0.3 is 10.6 Å². The first-order valence-electron chi connectivity index (χ1n) is 14.8. The number of nitrogens with one attached hydrogen (secondary N) is 2. The van der Waals surface area contributed by atoms with E-state index in [4.69, 9.17) is 0 Å². The number of fused-ring (bicyclic) bond motifs is 2. The molecule has 0 amide bonds. The Kier molecular flexibility index (Phi) is 9.29. The first-order chi connectivity index (χ1) is 24.1. The number of anilines is 3. The number of hydrogen-bond acceptors (Lipinski definition) is 6. The van der Waals surface area contributed by atoms with E-state index in [1.807, 2.05) is 54.6 Å². The van der Waals surface area contributed by atoms with Crippen molar-refractivity contribution in [2.45, 2.75) is 18.5 Å². The summed E-state index contributed by atoms with van der Waals surface area (Å²) < 4.78 is 116. The molecule has 0 unspecified atom stereocenters. The molecule has 0 aliphatic heterocycles. The van der Waals surface area contributed by atoms with Crippen molar-refractivity contribution in [1.82, 2.24) is 29.2 Å². The van der Waals surface area contributed by atoms with Gasteiger partial charge in [0.05, 0.1) is 0 Å². The van der Waals surface area contributed by atoms with Crippen molar-refractivity contribution >= 4 is 28.4 Å². The smallest absolute Gasteiger partial charge is 0.376 e. The summed E-state index contributed by atoms with van der Waals surface area (Å²) in [6, 6.07) is 29.2. The fourth-order valence-corrected chi connectivity index (χ4v) is 4.93. The van der Waals surface area contributed by atoms with Crippen LogP contribution in [0.25, 0.3) is 33.5 Å². The molecule has 0 aliphatic carbocycles. The summed E-state index contributed by atoms with van der Waals surface area (Å²) in [5.41, 5.74) is 4.73. The minimum Gasteiger partial charge on any atom is -0.376 e. The molecule has 51 heavy (non-hydrogen) atoms. The third-order valence-corrected chi connectivity index (χ3v) is 7.30. The molecule has 4 heterocycles. The van der Waals surface area contributed by atoms with Crippen LogP contribution in [-0.4, -0.2) is 41.9 Å². The lowest BCUT2D eigenvalue weighted by molar-refractivity contribution is -0.146. The minimum absolute atomic E-state index is 0.0412. The lowest BCUT2D eigenvalue weighted by atomic mass is 10.1. The van der Waals surface area contributed by atoms with Crippen LogP contribution < -0.4 is 10.6 Å². The molecular formula is C34H23F9N8. The highest BCUT2D eigenvalue weighted by Crippen LogP contribution is 2.31. The molecular weight excluding hydrogens is 691 g/mol. The number of hydrogen-bond donors (Lipinski definition) is 2. The molecule has 2 N–H and O–H groups in total. The Morgan fingerprint density at radius 2 is 0.863 bits per heavy atom. The van der Waals surface area contributed by atoms with E-state index in [0.29, 0.717) is 16.7 Å². The number of pyridine rings is 2. The van der Waals surface area contributed by atoms with Gasteiger partial charge in [0.2, 0.25) is 11.6 Å². The van der Waals surface area contributed by atoms with Gasteiger partial charge in [0.1, 0.15) is 6.54 Å². The standard InChI is InChI=1S/C19H13F3N4.C15H10F6N4/c20-19(21,22)18-25-24-17-11-8-14(12-26(17)18)13-6-9-16(10-7-13)23-15-4-2-1-3-5-15;16-14(17,18)8-22-11-4-1-9(2-5-11)10-3-6-12-23-24-13(15(19,20)21)25(12)7-10/h1-12,23H;1-7,22H,8H2. The maximum atomic E-state index is 13.0. The molecule has 7 rings (SSSR count). The summed E-state index contributed by atoms with van der Waals surface area (Å²) in [5, 5.41) is 18.9. The third-order valence-electron chi connectivity index (χ3n) is 7.30. The van der Waals surface area contributed by atoms with Crippen LogP contribution in [0.15, 0.2) is 116 Å². The average Bonchev–Trinajstić information content (AvgIpc) is 3.73. The van der Waals surface area contributed by atoms with Crippen molar-refractivity contribution < 1.29 is 39.5 Å². The van der Waals surface area contributed by atoms with Gasteiger partial charge in [-0.1, -0.05) is 42.5 Å². The molecule has 0 aliphatic rings. The Morgan fingerprint density at radius 3 is 1.29 bits per heavy atom. The van der Waals surface area contributed by atoms with Crippen molar-refractivity contribution in [2.75, 3.05) is 17.2 Å². The Morgan fingerprint density at radius 1 is 0.451 bits per heavy atom. The molecule has 262 valence electrons. The zero-order valence-electron chi connectivity index (χ0n) is 25.8. The zero-order valence-corrected chi connectivity index (χ0v) is 25.8. The van der Waals surface area contributed by atoms with Gasteiger partial charge in [0.25, 0.3) is 0 Å². The summed E-state index contributed by atoms with van der Waals surface area (Å²) in [4.78, 5) is 0. The van der Waals surface area contributed by atoms with Gasteiger partial charge in [0, 0.05) is 29.5 Å². The lowest BCUT2D eigenvalue weighted by Gasteiger charge is -2.10. The van der Waals surface area contributed by atoms with Crippen molar-refractivity contribution in [1.29, 1.82) is 0 Å². The SMILES string of the molecule is FC(F)(F)CNc1ccc(-c2ccc3nnc(C(F)(F)F)n3c2)cc1.FC(F)(F)c1nnc2ccc(-c3ccc(Nc4ccccc4)cc3)cn12. The van der Waals surface area contributed by atoms with Crippen LogP contribution in [-0.2, 0) is 12.4 Å². The minimum atomic E-state index is -4.65. The average molecular weight is 715 g/mol. The second kappa shape index (κ2) is 13.6. The van der Waals surface area contributed by atoms with Crippen LogP contribution in [0, 0.1) is 0 Å². The Labute approximate surface area is 282 Å². The molecule has 0 atom stereocenters. The normalized spacial score (nSPS) is 12.1. The van der Waals surface area contributed by atoms with E-state index in [9.17, 15) is 39.5 Å². The Balaban J connectivity index is 0.000000176. The molecule has 3 aromatic carbocycles.